The standard InChI is InChI=1S/C22H18ClN3O3S/c23-19-8-6-17(7-9-19)15-30-21-11-10-20(26(28)29)13-18(21)14-24-25-22(27)12-16-4-2-1-3-5-16/h1-11,13-14H,12,15H2,(H,25,27)/b24-14+. The van der Waals surface area contributed by atoms with Gasteiger partial charge in [-0.25, -0.2) is 5.43 Å². The molecule has 6 nitrogen and oxygen atoms in total. The van der Waals surface area contributed by atoms with Gasteiger partial charge in [0.1, 0.15) is 0 Å². The fraction of sp³-hybridized carbons (Fsp3) is 0.0909. The Labute approximate surface area is 183 Å². The fourth-order valence-corrected chi connectivity index (χ4v) is 3.70. The quantitative estimate of drug-likeness (QED) is 0.225. The number of carbonyl (C=O) groups excluding carboxylic acids is 1. The van der Waals surface area contributed by atoms with Gasteiger partial charge in [-0.15, -0.1) is 11.8 Å². The van der Waals surface area contributed by atoms with Gasteiger partial charge in [-0.3, -0.25) is 14.9 Å². The summed E-state index contributed by atoms with van der Waals surface area (Å²) in [7, 11) is 0. The lowest BCUT2D eigenvalue weighted by atomic mass is 10.1. The van der Waals surface area contributed by atoms with Crippen molar-refractivity contribution in [2.75, 3.05) is 0 Å². The molecule has 3 aromatic carbocycles. The highest BCUT2D eigenvalue weighted by molar-refractivity contribution is 7.98. The van der Waals surface area contributed by atoms with Crippen LogP contribution in [0.4, 0.5) is 5.69 Å². The first-order valence-corrected chi connectivity index (χ1v) is 10.4. The minimum absolute atomic E-state index is 0.0390. The molecule has 0 atom stereocenters. The number of nitrogens with zero attached hydrogens (tertiary/aromatic N) is 2. The molecule has 0 aliphatic carbocycles. The Morgan fingerprint density at radius 2 is 1.80 bits per heavy atom. The molecule has 3 rings (SSSR count). The van der Waals surface area contributed by atoms with Gasteiger partial charge in [0.2, 0.25) is 5.91 Å². The number of nitrogens with one attached hydrogen (secondary N) is 1. The Kier molecular flexibility index (Phi) is 7.59. The minimum Gasteiger partial charge on any atom is -0.273 e. The second-order valence-electron chi connectivity index (χ2n) is 6.35. The average molecular weight is 440 g/mol. The second-order valence-corrected chi connectivity index (χ2v) is 7.80. The van der Waals surface area contributed by atoms with Crippen molar-refractivity contribution < 1.29 is 9.72 Å². The summed E-state index contributed by atoms with van der Waals surface area (Å²) >= 11 is 7.43. The number of nitro groups is 1. The maximum absolute atomic E-state index is 12.1. The highest BCUT2D eigenvalue weighted by Crippen LogP contribution is 2.28. The summed E-state index contributed by atoms with van der Waals surface area (Å²) < 4.78 is 0. The number of nitro benzene ring substituents is 1. The van der Waals surface area contributed by atoms with Crippen molar-refractivity contribution in [3.05, 3.63) is 105 Å². The van der Waals surface area contributed by atoms with Crippen molar-refractivity contribution in [1.82, 2.24) is 5.43 Å². The highest BCUT2D eigenvalue weighted by Gasteiger charge is 2.11. The molecule has 0 heterocycles. The summed E-state index contributed by atoms with van der Waals surface area (Å²) in [4.78, 5) is 23.5. The highest BCUT2D eigenvalue weighted by atomic mass is 35.5. The van der Waals surface area contributed by atoms with Crippen LogP contribution >= 0.6 is 23.4 Å². The van der Waals surface area contributed by atoms with Crippen LogP contribution in [-0.2, 0) is 17.0 Å². The SMILES string of the molecule is O=C(Cc1ccccc1)N/N=C/c1cc([N+](=O)[O-])ccc1SCc1ccc(Cl)cc1. The molecule has 0 bridgehead atoms. The van der Waals surface area contributed by atoms with E-state index in [9.17, 15) is 14.9 Å². The average Bonchev–Trinajstić information content (AvgIpc) is 2.74. The van der Waals surface area contributed by atoms with Crippen LogP contribution < -0.4 is 5.43 Å². The summed E-state index contributed by atoms with van der Waals surface area (Å²) in [5.41, 5.74) is 4.94. The van der Waals surface area contributed by atoms with E-state index in [4.69, 9.17) is 11.6 Å². The molecule has 0 aliphatic rings. The predicted octanol–water partition coefficient (Wildman–Crippen LogP) is 5.23. The first-order chi connectivity index (χ1) is 14.5. The number of benzene rings is 3. The fourth-order valence-electron chi connectivity index (χ4n) is 2.62. The molecule has 30 heavy (non-hydrogen) atoms. The maximum Gasteiger partial charge on any atom is 0.270 e. The number of hydrogen-bond donors (Lipinski definition) is 1. The second kappa shape index (κ2) is 10.6. The molecule has 8 heteroatoms. The van der Waals surface area contributed by atoms with Gasteiger partial charge in [0.05, 0.1) is 17.6 Å². The van der Waals surface area contributed by atoms with E-state index in [-0.39, 0.29) is 18.0 Å². The maximum atomic E-state index is 12.1. The Bertz CT molecular complexity index is 1060. The third kappa shape index (κ3) is 6.43. The van der Waals surface area contributed by atoms with Crippen LogP contribution in [0.1, 0.15) is 16.7 Å². The van der Waals surface area contributed by atoms with E-state index >= 15 is 0 Å². The van der Waals surface area contributed by atoms with Crippen molar-refractivity contribution in [2.45, 2.75) is 17.1 Å². The smallest absolute Gasteiger partial charge is 0.270 e. The van der Waals surface area contributed by atoms with E-state index in [1.54, 1.807) is 6.07 Å². The molecular weight excluding hydrogens is 422 g/mol. The lowest BCUT2D eigenvalue weighted by Gasteiger charge is -2.06. The number of amides is 1. The van der Waals surface area contributed by atoms with E-state index in [0.29, 0.717) is 16.3 Å². The van der Waals surface area contributed by atoms with E-state index in [0.717, 1.165) is 16.0 Å². The van der Waals surface area contributed by atoms with Crippen LogP contribution in [0.3, 0.4) is 0 Å². The van der Waals surface area contributed by atoms with Gasteiger partial charge >= 0.3 is 0 Å². The van der Waals surface area contributed by atoms with Crippen LogP contribution in [0, 0.1) is 10.1 Å². The van der Waals surface area contributed by atoms with Crippen LogP contribution in [0.2, 0.25) is 5.02 Å². The molecule has 0 saturated carbocycles. The third-order valence-electron chi connectivity index (χ3n) is 4.11. The van der Waals surface area contributed by atoms with Crippen molar-refractivity contribution >= 4 is 41.2 Å². The monoisotopic (exact) mass is 439 g/mol. The zero-order valence-electron chi connectivity index (χ0n) is 15.8. The van der Waals surface area contributed by atoms with Gasteiger partial charge in [-0.2, -0.15) is 5.10 Å². The lowest BCUT2D eigenvalue weighted by molar-refractivity contribution is -0.384. The molecule has 152 valence electrons. The number of thioether (sulfide) groups is 1. The van der Waals surface area contributed by atoms with Gasteiger partial charge in [-0.05, 0) is 29.3 Å². The Hall–Kier alpha value is -3.16. The van der Waals surface area contributed by atoms with Gasteiger partial charge in [0.15, 0.2) is 0 Å². The van der Waals surface area contributed by atoms with Gasteiger partial charge in [0.25, 0.3) is 5.69 Å². The van der Waals surface area contributed by atoms with Crippen LogP contribution in [0.5, 0.6) is 0 Å². The molecule has 0 unspecified atom stereocenters. The zero-order valence-corrected chi connectivity index (χ0v) is 17.4. The van der Waals surface area contributed by atoms with Gasteiger partial charge in [-0.1, -0.05) is 54.1 Å². The Morgan fingerprint density at radius 3 is 2.50 bits per heavy atom. The van der Waals surface area contributed by atoms with E-state index in [2.05, 4.69) is 10.5 Å². The summed E-state index contributed by atoms with van der Waals surface area (Å²) in [6, 6.07) is 21.4. The van der Waals surface area contributed by atoms with Crippen molar-refractivity contribution in [2.24, 2.45) is 5.10 Å². The number of rotatable bonds is 8. The molecule has 0 aromatic heterocycles. The molecule has 3 aromatic rings. The Balaban J connectivity index is 1.69. The summed E-state index contributed by atoms with van der Waals surface area (Å²) in [5, 5.41) is 15.8. The van der Waals surface area contributed by atoms with Crippen molar-refractivity contribution in [3.63, 3.8) is 0 Å². The third-order valence-corrected chi connectivity index (χ3v) is 5.52. The summed E-state index contributed by atoms with van der Waals surface area (Å²) in [6.07, 6.45) is 1.63. The predicted molar refractivity (Wildman–Crippen MR) is 120 cm³/mol. The number of non-ortho nitro benzene ring substituents is 1. The molecule has 1 N–H and O–H groups in total. The van der Waals surface area contributed by atoms with Crippen LogP contribution in [0.15, 0.2) is 82.8 Å². The van der Waals surface area contributed by atoms with Crippen molar-refractivity contribution in [3.8, 4) is 0 Å². The molecule has 0 aliphatic heterocycles. The molecular formula is C22H18ClN3O3S. The largest absolute Gasteiger partial charge is 0.273 e. The van der Waals surface area contributed by atoms with E-state index in [1.165, 1.54) is 30.1 Å². The first-order valence-electron chi connectivity index (χ1n) is 9.03. The van der Waals surface area contributed by atoms with Gasteiger partial charge in [0, 0.05) is 33.4 Å². The van der Waals surface area contributed by atoms with Crippen molar-refractivity contribution in [1.29, 1.82) is 0 Å². The molecule has 0 saturated heterocycles. The number of carbonyl (C=O) groups is 1. The number of hydrogen-bond acceptors (Lipinski definition) is 5. The topological polar surface area (TPSA) is 84.6 Å². The minimum atomic E-state index is -0.459. The molecule has 1 amide bonds. The molecule has 0 radical (unpaired) electrons. The first kappa shape index (κ1) is 21.5. The number of halogens is 1. The normalized spacial score (nSPS) is 10.8. The van der Waals surface area contributed by atoms with Crippen LogP contribution in [0.25, 0.3) is 0 Å². The van der Waals surface area contributed by atoms with E-state index < -0.39 is 4.92 Å². The Morgan fingerprint density at radius 1 is 1.07 bits per heavy atom. The lowest BCUT2D eigenvalue weighted by Crippen LogP contribution is -2.19. The summed E-state index contributed by atoms with van der Waals surface area (Å²) in [5.74, 6) is 0.397. The zero-order chi connectivity index (χ0) is 21.3. The van der Waals surface area contributed by atoms with E-state index in [1.807, 2.05) is 54.6 Å². The van der Waals surface area contributed by atoms with Crippen LogP contribution in [-0.4, -0.2) is 17.0 Å². The molecule has 0 fully saturated rings. The number of hydrazone groups is 1. The van der Waals surface area contributed by atoms with Gasteiger partial charge < -0.3 is 0 Å². The summed E-state index contributed by atoms with van der Waals surface area (Å²) in [6.45, 7) is 0. The molecule has 0 spiro atoms.